The summed E-state index contributed by atoms with van der Waals surface area (Å²) in [4.78, 5) is 29.7. The molecule has 3 aromatic carbocycles. The summed E-state index contributed by atoms with van der Waals surface area (Å²) in [7, 11) is 0. The van der Waals surface area contributed by atoms with Crippen molar-refractivity contribution < 1.29 is 9.53 Å². The highest BCUT2D eigenvalue weighted by atomic mass is 16.5. The first-order chi connectivity index (χ1) is 15.6. The van der Waals surface area contributed by atoms with Crippen molar-refractivity contribution in [3.8, 4) is 5.75 Å². The Morgan fingerprint density at radius 1 is 1.00 bits per heavy atom. The van der Waals surface area contributed by atoms with Crippen LogP contribution in [0.1, 0.15) is 17.5 Å². The van der Waals surface area contributed by atoms with Crippen LogP contribution < -0.4 is 15.6 Å². The molecule has 6 nitrogen and oxygen atoms in total. The number of para-hydroxylation sites is 3. The van der Waals surface area contributed by atoms with E-state index in [4.69, 9.17) is 4.74 Å². The quantitative estimate of drug-likeness (QED) is 0.454. The molecule has 4 aromatic rings. The monoisotopic (exact) mass is 427 g/mol. The summed E-state index contributed by atoms with van der Waals surface area (Å²) in [5.74, 6) is 0.428. The average Bonchev–Trinajstić information content (AvgIpc) is 2.81. The molecule has 4 rings (SSSR count). The summed E-state index contributed by atoms with van der Waals surface area (Å²) >= 11 is 0. The van der Waals surface area contributed by atoms with E-state index in [1.807, 2.05) is 61.5 Å². The van der Waals surface area contributed by atoms with E-state index in [1.165, 1.54) is 16.5 Å². The summed E-state index contributed by atoms with van der Waals surface area (Å²) in [6.07, 6.45) is 2.43. The van der Waals surface area contributed by atoms with Crippen LogP contribution >= 0.6 is 0 Å². The first-order valence-electron chi connectivity index (χ1n) is 10.6. The van der Waals surface area contributed by atoms with Gasteiger partial charge in [-0.1, -0.05) is 54.6 Å². The summed E-state index contributed by atoms with van der Waals surface area (Å²) < 4.78 is 7.38. The number of aromatic nitrogens is 2. The van der Waals surface area contributed by atoms with Crippen LogP contribution in [0.15, 0.2) is 83.9 Å². The average molecular weight is 428 g/mol. The molecule has 0 radical (unpaired) electrons. The molecule has 162 valence electrons. The lowest BCUT2D eigenvalue weighted by Crippen LogP contribution is -2.24. The molecule has 0 unspecified atom stereocenters. The van der Waals surface area contributed by atoms with Gasteiger partial charge in [0.05, 0.1) is 29.5 Å². The third-order valence-corrected chi connectivity index (χ3v) is 5.29. The van der Waals surface area contributed by atoms with Crippen molar-refractivity contribution >= 4 is 22.5 Å². The van der Waals surface area contributed by atoms with Gasteiger partial charge in [0, 0.05) is 19.4 Å². The first kappa shape index (κ1) is 21.3. The molecule has 1 heterocycles. The van der Waals surface area contributed by atoms with Crippen molar-refractivity contribution in [1.29, 1.82) is 0 Å². The van der Waals surface area contributed by atoms with Crippen LogP contribution in [-0.2, 0) is 17.8 Å². The molecule has 0 aliphatic heterocycles. The minimum Gasteiger partial charge on any atom is -0.491 e. The maximum atomic E-state index is 12.7. The lowest BCUT2D eigenvalue weighted by atomic mass is 10.1. The maximum Gasteiger partial charge on any atom is 0.261 e. The van der Waals surface area contributed by atoms with Crippen LogP contribution in [-0.4, -0.2) is 22.1 Å². The molecule has 1 amide bonds. The second-order valence-corrected chi connectivity index (χ2v) is 7.59. The number of aryl methyl sites for hydroxylation is 2. The van der Waals surface area contributed by atoms with Crippen LogP contribution in [0.2, 0.25) is 0 Å². The largest absolute Gasteiger partial charge is 0.491 e. The molecular formula is C26H25N3O3. The second-order valence-electron chi connectivity index (χ2n) is 7.59. The van der Waals surface area contributed by atoms with E-state index in [1.54, 1.807) is 6.07 Å². The van der Waals surface area contributed by atoms with Gasteiger partial charge in [-0.05, 0) is 36.2 Å². The van der Waals surface area contributed by atoms with E-state index < -0.39 is 0 Å². The van der Waals surface area contributed by atoms with Crippen molar-refractivity contribution in [2.45, 2.75) is 26.3 Å². The molecule has 0 saturated carbocycles. The standard InChI is InChI=1S/C26H25N3O3/c1-19-8-7-11-21-25(19)27-18-29(26(21)31)16-14-24(30)28-22-12-5-6-13-23(22)32-17-15-20-9-3-2-4-10-20/h2-13,18H,14-17H2,1H3,(H,28,30). The Morgan fingerprint density at radius 2 is 1.78 bits per heavy atom. The van der Waals surface area contributed by atoms with E-state index in [0.29, 0.717) is 28.9 Å². The second kappa shape index (κ2) is 9.92. The van der Waals surface area contributed by atoms with Gasteiger partial charge in [-0.3, -0.25) is 14.2 Å². The van der Waals surface area contributed by atoms with Gasteiger partial charge in [0.2, 0.25) is 5.91 Å². The van der Waals surface area contributed by atoms with Gasteiger partial charge < -0.3 is 10.1 Å². The van der Waals surface area contributed by atoms with Gasteiger partial charge in [0.25, 0.3) is 5.56 Å². The Kier molecular flexibility index (Phi) is 6.60. The highest BCUT2D eigenvalue weighted by Gasteiger charge is 2.10. The molecule has 0 bridgehead atoms. The lowest BCUT2D eigenvalue weighted by Gasteiger charge is -2.13. The van der Waals surface area contributed by atoms with Gasteiger partial charge in [0.15, 0.2) is 0 Å². The molecular weight excluding hydrogens is 402 g/mol. The minimum absolute atomic E-state index is 0.142. The predicted octanol–water partition coefficient (Wildman–Crippen LogP) is 4.36. The van der Waals surface area contributed by atoms with Crippen LogP contribution in [0.5, 0.6) is 5.75 Å². The number of ether oxygens (including phenoxy) is 1. The van der Waals surface area contributed by atoms with Gasteiger partial charge in [-0.15, -0.1) is 0 Å². The molecule has 1 N–H and O–H groups in total. The number of carbonyl (C=O) groups is 1. The zero-order valence-corrected chi connectivity index (χ0v) is 18.0. The summed E-state index contributed by atoms with van der Waals surface area (Å²) in [5.41, 5.74) is 3.31. The topological polar surface area (TPSA) is 73.2 Å². The molecule has 32 heavy (non-hydrogen) atoms. The molecule has 1 aromatic heterocycles. The highest BCUT2D eigenvalue weighted by molar-refractivity contribution is 5.92. The zero-order valence-electron chi connectivity index (χ0n) is 18.0. The fourth-order valence-corrected chi connectivity index (χ4v) is 3.55. The van der Waals surface area contributed by atoms with Crippen molar-refractivity contribution in [3.63, 3.8) is 0 Å². The summed E-state index contributed by atoms with van der Waals surface area (Å²) in [6, 6.07) is 23.0. The fourth-order valence-electron chi connectivity index (χ4n) is 3.55. The van der Waals surface area contributed by atoms with Gasteiger partial charge in [-0.25, -0.2) is 4.98 Å². The number of amides is 1. The Balaban J connectivity index is 1.37. The van der Waals surface area contributed by atoms with E-state index in [9.17, 15) is 9.59 Å². The molecule has 0 fully saturated rings. The number of fused-ring (bicyclic) bond motifs is 1. The summed E-state index contributed by atoms with van der Waals surface area (Å²) in [6.45, 7) is 2.68. The number of rotatable bonds is 8. The fraction of sp³-hybridized carbons (Fsp3) is 0.192. The Hall–Kier alpha value is -3.93. The van der Waals surface area contributed by atoms with Gasteiger partial charge >= 0.3 is 0 Å². The van der Waals surface area contributed by atoms with Crippen molar-refractivity contribution in [3.05, 3.63) is 101 Å². The number of carbonyl (C=O) groups excluding carboxylic acids is 1. The van der Waals surface area contributed by atoms with Crippen molar-refractivity contribution in [2.75, 3.05) is 11.9 Å². The third kappa shape index (κ3) is 5.03. The smallest absolute Gasteiger partial charge is 0.261 e. The molecule has 0 spiro atoms. The lowest BCUT2D eigenvalue weighted by molar-refractivity contribution is -0.116. The predicted molar refractivity (Wildman–Crippen MR) is 126 cm³/mol. The third-order valence-electron chi connectivity index (χ3n) is 5.29. The number of nitrogens with zero attached hydrogens (tertiary/aromatic N) is 2. The zero-order chi connectivity index (χ0) is 22.3. The Bertz CT molecular complexity index is 1280. The summed E-state index contributed by atoms with van der Waals surface area (Å²) in [5, 5.41) is 3.46. The van der Waals surface area contributed by atoms with Crippen LogP contribution in [0.25, 0.3) is 10.9 Å². The number of hydrogen-bond donors (Lipinski definition) is 1. The Morgan fingerprint density at radius 3 is 2.62 bits per heavy atom. The SMILES string of the molecule is Cc1cccc2c(=O)n(CCC(=O)Nc3ccccc3OCCc3ccccc3)cnc12. The molecule has 0 saturated heterocycles. The normalized spacial score (nSPS) is 10.8. The van der Waals surface area contributed by atoms with Gasteiger partial charge in [-0.2, -0.15) is 0 Å². The van der Waals surface area contributed by atoms with Crippen LogP contribution in [0, 0.1) is 6.92 Å². The molecule has 0 aliphatic carbocycles. The molecule has 0 aliphatic rings. The number of nitrogens with one attached hydrogen (secondary N) is 1. The van der Waals surface area contributed by atoms with Gasteiger partial charge in [0.1, 0.15) is 5.75 Å². The van der Waals surface area contributed by atoms with Crippen molar-refractivity contribution in [2.24, 2.45) is 0 Å². The van der Waals surface area contributed by atoms with E-state index in [0.717, 1.165) is 12.0 Å². The first-order valence-corrected chi connectivity index (χ1v) is 10.6. The molecule has 6 heteroatoms. The van der Waals surface area contributed by atoms with E-state index >= 15 is 0 Å². The maximum absolute atomic E-state index is 12.7. The number of benzene rings is 3. The van der Waals surface area contributed by atoms with Crippen molar-refractivity contribution in [1.82, 2.24) is 9.55 Å². The molecule has 0 atom stereocenters. The highest BCUT2D eigenvalue weighted by Crippen LogP contribution is 2.24. The Labute approximate surface area is 186 Å². The van der Waals surface area contributed by atoms with Crippen LogP contribution in [0.3, 0.4) is 0 Å². The minimum atomic E-state index is -0.194. The van der Waals surface area contributed by atoms with E-state index in [-0.39, 0.29) is 24.4 Å². The number of anilines is 1. The number of hydrogen-bond acceptors (Lipinski definition) is 4. The van der Waals surface area contributed by atoms with Crippen LogP contribution in [0.4, 0.5) is 5.69 Å². The van der Waals surface area contributed by atoms with E-state index in [2.05, 4.69) is 22.4 Å².